The molecule has 2 unspecified atom stereocenters. The van der Waals surface area contributed by atoms with E-state index in [9.17, 15) is 4.39 Å². The van der Waals surface area contributed by atoms with Crippen LogP contribution in [0, 0.1) is 11.7 Å². The summed E-state index contributed by atoms with van der Waals surface area (Å²) in [5.41, 5.74) is 1.18. The van der Waals surface area contributed by atoms with Crippen molar-refractivity contribution in [2.24, 2.45) is 5.92 Å². The van der Waals surface area contributed by atoms with Gasteiger partial charge in [0.2, 0.25) is 0 Å². The molecule has 0 aliphatic heterocycles. The summed E-state index contributed by atoms with van der Waals surface area (Å²) >= 11 is 0. The van der Waals surface area contributed by atoms with Crippen LogP contribution >= 0.6 is 0 Å². The van der Waals surface area contributed by atoms with Crippen LogP contribution in [-0.4, -0.2) is 12.1 Å². The minimum atomic E-state index is -0.102. The van der Waals surface area contributed by atoms with Crippen LogP contribution in [0.15, 0.2) is 24.3 Å². The zero-order chi connectivity index (χ0) is 13.2. The summed E-state index contributed by atoms with van der Waals surface area (Å²) in [5, 5.41) is 3.81. The number of halogens is 1. The minimum Gasteiger partial charge on any atom is -0.311 e. The van der Waals surface area contributed by atoms with Crippen molar-refractivity contribution in [3.05, 3.63) is 35.6 Å². The van der Waals surface area contributed by atoms with Gasteiger partial charge in [0.05, 0.1) is 0 Å². The first kappa shape index (κ1) is 13.1. The molecule has 0 amide bonds. The van der Waals surface area contributed by atoms with E-state index in [1.165, 1.54) is 50.2 Å². The molecule has 2 saturated carbocycles. The first-order valence-electron chi connectivity index (χ1n) is 7.72. The first-order valence-corrected chi connectivity index (χ1v) is 7.72. The lowest BCUT2D eigenvalue weighted by molar-refractivity contribution is 0.217. The van der Waals surface area contributed by atoms with E-state index in [-0.39, 0.29) is 5.82 Å². The average Bonchev–Trinajstić information content (AvgIpc) is 2.33. The SMILES string of the molecule is CC1CCCC(NC2CC(c3cccc(F)c3)C2)C1. The van der Waals surface area contributed by atoms with Gasteiger partial charge < -0.3 is 5.32 Å². The van der Waals surface area contributed by atoms with Gasteiger partial charge in [-0.25, -0.2) is 4.39 Å². The van der Waals surface area contributed by atoms with Crippen molar-refractivity contribution in [3.8, 4) is 0 Å². The van der Waals surface area contributed by atoms with E-state index < -0.39 is 0 Å². The highest BCUT2D eigenvalue weighted by molar-refractivity contribution is 5.23. The van der Waals surface area contributed by atoms with Gasteiger partial charge in [-0.3, -0.25) is 0 Å². The van der Waals surface area contributed by atoms with Gasteiger partial charge in [0, 0.05) is 12.1 Å². The molecule has 1 aromatic carbocycles. The van der Waals surface area contributed by atoms with Crippen LogP contribution in [0.3, 0.4) is 0 Å². The molecule has 1 aromatic rings. The van der Waals surface area contributed by atoms with E-state index in [2.05, 4.69) is 18.3 Å². The van der Waals surface area contributed by atoms with E-state index in [0.717, 1.165) is 12.0 Å². The first-order chi connectivity index (χ1) is 9.20. The van der Waals surface area contributed by atoms with E-state index in [1.54, 1.807) is 6.07 Å². The predicted molar refractivity (Wildman–Crippen MR) is 76.7 cm³/mol. The lowest BCUT2D eigenvalue weighted by Crippen LogP contribution is -2.46. The summed E-state index contributed by atoms with van der Waals surface area (Å²) in [6, 6.07) is 8.50. The van der Waals surface area contributed by atoms with Crippen LogP contribution in [-0.2, 0) is 0 Å². The van der Waals surface area contributed by atoms with Gasteiger partial charge in [0.1, 0.15) is 5.82 Å². The molecule has 0 saturated heterocycles. The topological polar surface area (TPSA) is 12.0 Å². The molecule has 2 atom stereocenters. The van der Waals surface area contributed by atoms with Gasteiger partial charge in [0.25, 0.3) is 0 Å². The molecule has 2 aliphatic carbocycles. The van der Waals surface area contributed by atoms with E-state index in [4.69, 9.17) is 0 Å². The molecule has 0 bridgehead atoms. The molecule has 1 nitrogen and oxygen atoms in total. The molecular weight excluding hydrogens is 237 g/mol. The van der Waals surface area contributed by atoms with Gasteiger partial charge in [-0.2, -0.15) is 0 Å². The van der Waals surface area contributed by atoms with Crippen LogP contribution in [0.2, 0.25) is 0 Å². The highest BCUT2D eigenvalue weighted by Crippen LogP contribution is 2.38. The Hall–Kier alpha value is -0.890. The second-order valence-corrected chi connectivity index (χ2v) is 6.56. The van der Waals surface area contributed by atoms with Crippen LogP contribution in [0.25, 0.3) is 0 Å². The van der Waals surface area contributed by atoms with Crippen molar-refractivity contribution in [1.82, 2.24) is 5.32 Å². The Labute approximate surface area is 115 Å². The van der Waals surface area contributed by atoms with Gasteiger partial charge in [0.15, 0.2) is 0 Å². The minimum absolute atomic E-state index is 0.102. The van der Waals surface area contributed by atoms with Crippen molar-refractivity contribution >= 4 is 0 Å². The smallest absolute Gasteiger partial charge is 0.123 e. The Morgan fingerprint density at radius 1 is 1.11 bits per heavy atom. The summed E-state index contributed by atoms with van der Waals surface area (Å²) in [4.78, 5) is 0. The van der Waals surface area contributed by atoms with Gasteiger partial charge in [-0.15, -0.1) is 0 Å². The molecule has 0 heterocycles. The third-order valence-corrected chi connectivity index (χ3v) is 4.87. The molecule has 3 rings (SSSR count). The molecule has 0 aromatic heterocycles. The summed E-state index contributed by atoms with van der Waals surface area (Å²) in [6.07, 6.45) is 7.79. The maximum absolute atomic E-state index is 13.2. The van der Waals surface area contributed by atoms with Crippen molar-refractivity contribution in [1.29, 1.82) is 0 Å². The fourth-order valence-electron chi connectivity index (χ4n) is 3.71. The Balaban J connectivity index is 1.47. The van der Waals surface area contributed by atoms with E-state index >= 15 is 0 Å². The summed E-state index contributed by atoms with van der Waals surface area (Å²) < 4.78 is 13.2. The summed E-state index contributed by atoms with van der Waals surface area (Å²) in [6.45, 7) is 2.37. The molecule has 104 valence electrons. The second kappa shape index (κ2) is 5.62. The summed E-state index contributed by atoms with van der Waals surface area (Å²) in [5.74, 6) is 1.34. The number of hydrogen-bond donors (Lipinski definition) is 1. The molecule has 0 radical (unpaired) electrons. The molecular formula is C17H24FN. The average molecular weight is 261 g/mol. The van der Waals surface area contributed by atoms with Crippen LogP contribution in [0.4, 0.5) is 4.39 Å². The zero-order valence-electron chi connectivity index (χ0n) is 11.7. The van der Waals surface area contributed by atoms with Crippen LogP contribution < -0.4 is 5.32 Å². The molecule has 2 fully saturated rings. The second-order valence-electron chi connectivity index (χ2n) is 6.56. The number of rotatable bonds is 3. The number of benzene rings is 1. The van der Waals surface area contributed by atoms with Crippen LogP contribution in [0.5, 0.6) is 0 Å². The van der Waals surface area contributed by atoms with Gasteiger partial charge >= 0.3 is 0 Å². The molecule has 0 spiro atoms. The van der Waals surface area contributed by atoms with Crippen molar-refractivity contribution < 1.29 is 4.39 Å². The zero-order valence-corrected chi connectivity index (χ0v) is 11.7. The Bertz CT molecular complexity index is 425. The van der Waals surface area contributed by atoms with Gasteiger partial charge in [-0.05, 0) is 55.2 Å². The van der Waals surface area contributed by atoms with Crippen molar-refractivity contribution in [2.45, 2.75) is 63.5 Å². The maximum atomic E-state index is 13.2. The molecule has 2 aliphatic rings. The standard InChI is InChI=1S/C17H24FN/c1-12-4-2-7-16(8-12)19-17-10-14(11-17)13-5-3-6-15(18)9-13/h3,5-6,9,12,14,16-17,19H,2,4,7-8,10-11H2,1H3. The van der Waals surface area contributed by atoms with Crippen molar-refractivity contribution in [2.75, 3.05) is 0 Å². The number of hydrogen-bond acceptors (Lipinski definition) is 1. The van der Waals surface area contributed by atoms with Crippen LogP contribution in [0.1, 0.15) is 56.9 Å². The maximum Gasteiger partial charge on any atom is 0.123 e. The molecule has 19 heavy (non-hydrogen) atoms. The monoisotopic (exact) mass is 261 g/mol. The van der Waals surface area contributed by atoms with E-state index in [1.807, 2.05) is 6.07 Å². The lowest BCUT2D eigenvalue weighted by Gasteiger charge is -2.40. The Morgan fingerprint density at radius 2 is 1.95 bits per heavy atom. The normalized spacial score (nSPS) is 34.8. The Kier molecular flexibility index (Phi) is 3.88. The summed E-state index contributed by atoms with van der Waals surface area (Å²) in [7, 11) is 0. The third kappa shape index (κ3) is 3.17. The van der Waals surface area contributed by atoms with Gasteiger partial charge in [-0.1, -0.05) is 31.9 Å². The number of nitrogens with one attached hydrogen (secondary N) is 1. The fourth-order valence-corrected chi connectivity index (χ4v) is 3.71. The molecule has 2 heteroatoms. The quantitative estimate of drug-likeness (QED) is 0.858. The van der Waals surface area contributed by atoms with E-state index in [0.29, 0.717) is 12.0 Å². The van der Waals surface area contributed by atoms with Crippen molar-refractivity contribution in [3.63, 3.8) is 0 Å². The Morgan fingerprint density at radius 3 is 2.68 bits per heavy atom. The molecule has 1 N–H and O–H groups in total. The highest BCUT2D eigenvalue weighted by Gasteiger charge is 2.32. The largest absolute Gasteiger partial charge is 0.311 e. The third-order valence-electron chi connectivity index (χ3n) is 4.87. The predicted octanol–water partition coefficient (Wildman–Crippen LogP) is 4.24. The lowest BCUT2D eigenvalue weighted by atomic mass is 9.75. The fraction of sp³-hybridized carbons (Fsp3) is 0.647. The highest BCUT2D eigenvalue weighted by atomic mass is 19.1.